The number of hydrogen-bond acceptors (Lipinski definition) is 6. The van der Waals surface area contributed by atoms with Crippen molar-refractivity contribution in [3.05, 3.63) is 22.7 Å². The summed E-state index contributed by atoms with van der Waals surface area (Å²) in [7, 11) is 0. The topological polar surface area (TPSA) is 110 Å². The Hall–Kier alpha value is -1.44. The van der Waals surface area contributed by atoms with Crippen molar-refractivity contribution < 1.29 is 14.6 Å². The Balaban J connectivity index is 0.000000151. The fourth-order valence-corrected chi connectivity index (χ4v) is 0.895. The van der Waals surface area contributed by atoms with Gasteiger partial charge in [-0.05, 0) is 6.07 Å². The number of rotatable bonds is 1. The van der Waals surface area contributed by atoms with Crippen LogP contribution in [0.1, 0.15) is 0 Å². The smallest absolute Gasteiger partial charge is 0.346 e. The highest BCUT2D eigenvalue weighted by atomic mass is 16.7. The summed E-state index contributed by atoms with van der Waals surface area (Å²) in [4.78, 5) is 15.9. The minimum atomic E-state index is -0.412. The lowest BCUT2D eigenvalue weighted by molar-refractivity contribution is -0.0747. The number of nitrogens with one attached hydrogen (secondary N) is 1. The maximum Gasteiger partial charge on any atom is 0.346 e. The summed E-state index contributed by atoms with van der Waals surface area (Å²) in [5.74, 6) is 0.338. The number of nitrogens with two attached hydrogens (primary N) is 1. The van der Waals surface area contributed by atoms with Crippen LogP contribution in [0.2, 0.25) is 0 Å². The van der Waals surface area contributed by atoms with Gasteiger partial charge >= 0.3 is 5.69 Å². The molecule has 4 N–H and O–H groups in total. The molecule has 1 saturated heterocycles. The molecule has 0 unspecified atom stereocenters. The fourth-order valence-electron chi connectivity index (χ4n) is 0.895. The lowest BCUT2D eigenvalue weighted by Crippen LogP contribution is -2.11. The number of aromatic nitrogens is 2. The molecule has 0 bridgehead atoms. The van der Waals surface area contributed by atoms with Crippen LogP contribution >= 0.6 is 0 Å². The van der Waals surface area contributed by atoms with Gasteiger partial charge in [0.25, 0.3) is 0 Å². The number of ether oxygens (including phenoxy) is 2. The second-order valence-electron chi connectivity index (χ2n) is 2.68. The molecule has 1 aromatic heterocycles. The van der Waals surface area contributed by atoms with Crippen molar-refractivity contribution in [2.45, 2.75) is 6.29 Å². The first kappa shape index (κ1) is 11.6. The number of aliphatic hydroxyl groups is 1. The highest BCUT2D eigenvalue weighted by Crippen LogP contribution is 2.00. The monoisotopic (exact) mass is 215 g/mol. The van der Waals surface area contributed by atoms with Crippen molar-refractivity contribution in [3.8, 4) is 0 Å². The molecule has 0 atom stereocenters. The number of H-pyrrole nitrogens is 1. The Bertz CT molecular complexity index is 335. The summed E-state index contributed by atoms with van der Waals surface area (Å²) in [6.45, 7) is 1.20. The first-order valence-corrected chi connectivity index (χ1v) is 4.37. The van der Waals surface area contributed by atoms with Crippen LogP contribution in [0, 0.1) is 0 Å². The fraction of sp³-hybridized carbons (Fsp3) is 0.500. The highest BCUT2D eigenvalue weighted by Gasteiger charge is 2.12. The maximum absolute atomic E-state index is 10.2. The number of hydrogen-bond donors (Lipinski definition) is 3. The zero-order chi connectivity index (χ0) is 11.1. The predicted molar refractivity (Wildman–Crippen MR) is 52.0 cm³/mol. The molecule has 1 aliphatic rings. The summed E-state index contributed by atoms with van der Waals surface area (Å²) in [6, 6.07) is 1.52. The third kappa shape index (κ3) is 4.54. The van der Waals surface area contributed by atoms with Crippen LogP contribution in [-0.4, -0.2) is 41.2 Å². The normalized spacial score (nSPS) is 15.8. The van der Waals surface area contributed by atoms with Gasteiger partial charge in [0.2, 0.25) is 0 Å². The van der Waals surface area contributed by atoms with Gasteiger partial charge in [0.1, 0.15) is 5.82 Å². The SMILES string of the molecule is Nc1ccnc(=O)[nH]1.OCC1OCCO1. The Labute approximate surface area is 85.9 Å². The van der Waals surface area contributed by atoms with Crippen LogP contribution in [0.5, 0.6) is 0 Å². The summed E-state index contributed by atoms with van der Waals surface area (Å²) in [5, 5.41) is 8.32. The molecule has 2 rings (SSSR count). The molecule has 0 saturated carbocycles. The van der Waals surface area contributed by atoms with Gasteiger partial charge in [-0.1, -0.05) is 0 Å². The molecule has 7 nitrogen and oxygen atoms in total. The van der Waals surface area contributed by atoms with E-state index in [9.17, 15) is 4.79 Å². The molecular formula is C8H13N3O4. The average Bonchev–Trinajstić information content (AvgIpc) is 2.70. The summed E-state index contributed by atoms with van der Waals surface area (Å²) in [5.41, 5.74) is 4.75. The van der Waals surface area contributed by atoms with Crippen molar-refractivity contribution in [1.29, 1.82) is 0 Å². The Morgan fingerprint density at radius 1 is 1.60 bits per heavy atom. The zero-order valence-corrected chi connectivity index (χ0v) is 8.05. The molecule has 0 spiro atoms. The molecule has 1 aromatic rings. The van der Waals surface area contributed by atoms with E-state index >= 15 is 0 Å². The standard InChI is InChI=1S/C4H5N3O.C4H8O3/c5-3-1-2-6-4(8)7-3;5-3-4-6-1-2-7-4/h1-2H,(H3,5,6,7,8);4-5H,1-3H2. The van der Waals surface area contributed by atoms with E-state index in [1.54, 1.807) is 0 Å². The van der Waals surface area contributed by atoms with Gasteiger partial charge in [0.15, 0.2) is 6.29 Å². The van der Waals surface area contributed by atoms with E-state index < -0.39 is 5.69 Å². The first-order chi connectivity index (χ1) is 7.22. The lowest BCUT2D eigenvalue weighted by Gasteiger charge is -2.00. The summed E-state index contributed by atoms with van der Waals surface area (Å²) >= 11 is 0. The quantitative estimate of drug-likeness (QED) is 0.537. The number of nitrogen functional groups attached to an aromatic ring is 1. The van der Waals surface area contributed by atoms with Crippen molar-refractivity contribution in [1.82, 2.24) is 9.97 Å². The van der Waals surface area contributed by atoms with Gasteiger partial charge in [-0.2, -0.15) is 0 Å². The van der Waals surface area contributed by atoms with E-state index in [1.807, 2.05) is 0 Å². The van der Waals surface area contributed by atoms with Crippen LogP contribution in [0.4, 0.5) is 5.82 Å². The largest absolute Gasteiger partial charge is 0.391 e. The van der Waals surface area contributed by atoms with Gasteiger partial charge in [0, 0.05) is 6.20 Å². The number of nitrogens with zero attached hydrogens (tertiary/aromatic N) is 1. The first-order valence-electron chi connectivity index (χ1n) is 4.37. The molecule has 84 valence electrons. The van der Waals surface area contributed by atoms with Crippen molar-refractivity contribution in [2.75, 3.05) is 25.6 Å². The van der Waals surface area contributed by atoms with Gasteiger partial charge in [-0.15, -0.1) is 0 Å². The van der Waals surface area contributed by atoms with E-state index in [0.717, 1.165) is 0 Å². The number of aliphatic hydroxyl groups excluding tert-OH is 1. The van der Waals surface area contributed by atoms with E-state index in [0.29, 0.717) is 19.0 Å². The van der Waals surface area contributed by atoms with Gasteiger partial charge in [0.05, 0.1) is 19.8 Å². The zero-order valence-electron chi connectivity index (χ0n) is 8.05. The van der Waals surface area contributed by atoms with Crippen molar-refractivity contribution in [2.24, 2.45) is 0 Å². The molecule has 15 heavy (non-hydrogen) atoms. The highest BCUT2D eigenvalue weighted by molar-refractivity contribution is 5.22. The predicted octanol–water partition coefficient (Wildman–Crippen LogP) is -1.30. The maximum atomic E-state index is 10.2. The van der Waals surface area contributed by atoms with Crippen LogP contribution in [-0.2, 0) is 9.47 Å². The minimum absolute atomic E-state index is 0.0278. The molecule has 0 aromatic carbocycles. The average molecular weight is 215 g/mol. The van der Waals surface area contributed by atoms with Crippen molar-refractivity contribution >= 4 is 5.82 Å². The van der Waals surface area contributed by atoms with Crippen LogP contribution in [0.3, 0.4) is 0 Å². The van der Waals surface area contributed by atoms with E-state index in [-0.39, 0.29) is 12.9 Å². The van der Waals surface area contributed by atoms with Crippen LogP contribution in [0.15, 0.2) is 17.1 Å². The van der Waals surface area contributed by atoms with Crippen LogP contribution in [0.25, 0.3) is 0 Å². The number of anilines is 1. The molecule has 0 amide bonds. The second kappa shape index (κ2) is 6.12. The molecule has 1 fully saturated rings. The Morgan fingerprint density at radius 2 is 2.27 bits per heavy atom. The molecule has 1 aliphatic heterocycles. The van der Waals surface area contributed by atoms with E-state index in [1.165, 1.54) is 12.3 Å². The molecule has 7 heteroatoms. The minimum Gasteiger partial charge on any atom is -0.391 e. The summed E-state index contributed by atoms with van der Waals surface area (Å²) in [6.07, 6.45) is 1.01. The number of aromatic amines is 1. The lowest BCUT2D eigenvalue weighted by atomic mass is 10.6. The third-order valence-corrected chi connectivity index (χ3v) is 1.54. The van der Waals surface area contributed by atoms with Gasteiger partial charge in [-0.3, -0.25) is 4.98 Å². The Kier molecular flexibility index (Phi) is 4.75. The second-order valence-corrected chi connectivity index (χ2v) is 2.68. The van der Waals surface area contributed by atoms with E-state index in [2.05, 4.69) is 9.97 Å². The third-order valence-electron chi connectivity index (χ3n) is 1.54. The summed E-state index contributed by atoms with van der Waals surface area (Å²) < 4.78 is 9.66. The molecular weight excluding hydrogens is 202 g/mol. The molecule has 0 aliphatic carbocycles. The molecule has 0 radical (unpaired) electrons. The van der Waals surface area contributed by atoms with Crippen LogP contribution < -0.4 is 11.4 Å². The molecule has 2 heterocycles. The Morgan fingerprint density at radius 3 is 2.60 bits per heavy atom. The van der Waals surface area contributed by atoms with E-state index in [4.69, 9.17) is 20.3 Å². The van der Waals surface area contributed by atoms with Gasteiger partial charge < -0.3 is 20.3 Å². The van der Waals surface area contributed by atoms with Gasteiger partial charge in [-0.25, -0.2) is 9.78 Å². The van der Waals surface area contributed by atoms with Crippen molar-refractivity contribution in [3.63, 3.8) is 0 Å².